The van der Waals surface area contributed by atoms with E-state index in [1.165, 1.54) is 0 Å². The normalized spacial score (nSPS) is 18.0. The first kappa shape index (κ1) is 15.9. The number of hydrogen-bond donors (Lipinski definition) is 0. The molecule has 1 aromatic rings. The van der Waals surface area contributed by atoms with Crippen molar-refractivity contribution in [2.24, 2.45) is 0 Å². The molecule has 0 saturated heterocycles. The Morgan fingerprint density at radius 1 is 1.33 bits per heavy atom. The average Bonchev–Trinajstić information content (AvgIpc) is 2.87. The Kier molecular flexibility index (Phi) is 5.33. The number of esters is 1. The highest BCUT2D eigenvalue weighted by Gasteiger charge is 2.52. The second-order valence-electron chi connectivity index (χ2n) is 5.35. The summed E-state index contributed by atoms with van der Waals surface area (Å²) in [5, 5.41) is 4.03. The molecule has 0 radical (unpaired) electrons. The molecule has 0 bridgehead atoms. The maximum atomic E-state index is 12.2. The van der Waals surface area contributed by atoms with Gasteiger partial charge >= 0.3 is 5.97 Å². The van der Waals surface area contributed by atoms with Gasteiger partial charge in [-0.15, -0.1) is 0 Å². The van der Waals surface area contributed by atoms with Crippen LogP contribution in [0.5, 0.6) is 0 Å². The Balaban J connectivity index is 2.19. The topological polar surface area (TPSA) is 74.5 Å². The number of rotatable bonds is 8. The van der Waals surface area contributed by atoms with Crippen molar-refractivity contribution in [3.8, 4) is 0 Å². The van der Waals surface area contributed by atoms with Crippen LogP contribution in [0.4, 0.5) is 0 Å². The summed E-state index contributed by atoms with van der Waals surface area (Å²) >= 11 is 0. The zero-order chi connectivity index (χ0) is 15.3. The lowest BCUT2D eigenvalue weighted by Gasteiger charge is -2.35. The van der Waals surface area contributed by atoms with Gasteiger partial charge in [0.25, 0.3) is 0 Å². The summed E-state index contributed by atoms with van der Waals surface area (Å²) in [5.74, 6) is 0.655. The fraction of sp³-hybridized carbons (Fsp3) is 0.800. The molecule has 0 spiro atoms. The third kappa shape index (κ3) is 3.10. The third-order valence-electron chi connectivity index (χ3n) is 3.93. The van der Waals surface area contributed by atoms with E-state index in [9.17, 15) is 4.79 Å². The molecule has 1 unspecified atom stereocenters. The molecule has 0 aliphatic heterocycles. The van der Waals surface area contributed by atoms with Gasteiger partial charge in [-0.1, -0.05) is 24.9 Å². The van der Waals surface area contributed by atoms with Crippen molar-refractivity contribution in [3.05, 3.63) is 11.7 Å². The van der Waals surface area contributed by atoms with Crippen LogP contribution in [-0.4, -0.2) is 29.3 Å². The van der Waals surface area contributed by atoms with E-state index >= 15 is 0 Å². The van der Waals surface area contributed by atoms with E-state index < -0.39 is 5.41 Å². The SMILES string of the molecule is CCCC(OCC)c1noc(C2(C(=O)OCC)CCC2)n1. The molecule has 1 fully saturated rings. The molecule has 6 heteroatoms. The molecule has 0 N–H and O–H groups in total. The number of carbonyl (C=O) groups excluding carboxylic acids is 1. The van der Waals surface area contributed by atoms with Gasteiger partial charge in [0.2, 0.25) is 11.7 Å². The van der Waals surface area contributed by atoms with Crippen molar-refractivity contribution in [3.63, 3.8) is 0 Å². The van der Waals surface area contributed by atoms with Crippen LogP contribution in [0, 0.1) is 0 Å². The molecule has 2 rings (SSSR count). The monoisotopic (exact) mass is 296 g/mol. The van der Waals surface area contributed by atoms with Crippen LogP contribution < -0.4 is 0 Å². The van der Waals surface area contributed by atoms with Crippen LogP contribution in [0.25, 0.3) is 0 Å². The lowest BCUT2D eigenvalue weighted by Crippen LogP contribution is -2.44. The number of ether oxygens (including phenoxy) is 2. The molecule has 1 saturated carbocycles. The van der Waals surface area contributed by atoms with Crippen molar-refractivity contribution >= 4 is 5.97 Å². The van der Waals surface area contributed by atoms with Crippen molar-refractivity contribution in [1.29, 1.82) is 0 Å². The highest BCUT2D eigenvalue weighted by molar-refractivity contribution is 5.83. The van der Waals surface area contributed by atoms with Gasteiger partial charge in [0.1, 0.15) is 11.5 Å². The molecule has 1 aliphatic carbocycles. The fourth-order valence-corrected chi connectivity index (χ4v) is 2.62. The van der Waals surface area contributed by atoms with Crippen LogP contribution >= 0.6 is 0 Å². The molecular formula is C15H24N2O4. The minimum absolute atomic E-state index is 0.170. The molecule has 0 aromatic carbocycles. The molecule has 0 amide bonds. The maximum Gasteiger partial charge on any atom is 0.321 e. The van der Waals surface area contributed by atoms with Crippen LogP contribution in [0.2, 0.25) is 0 Å². The number of nitrogens with zero attached hydrogens (tertiary/aromatic N) is 2. The molecule has 1 heterocycles. The van der Waals surface area contributed by atoms with Crippen molar-refractivity contribution in [2.75, 3.05) is 13.2 Å². The summed E-state index contributed by atoms with van der Waals surface area (Å²) in [6.07, 6.45) is 4.02. The lowest BCUT2D eigenvalue weighted by atomic mass is 9.68. The predicted octanol–water partition coefficient (Wildman–Crippen LogP) is 2.93. The Bertz CT molecular complexity index is 462. The largest absolute Gasteiger partial charge is 0.465 e. The first-order chi connectivity index (χ1) is 10.2. The molecular weight excluding hydrogens is 272 g/mol. The molecule has 6 nitrogen and oxygen atoms in total. The Morgan fingerprint density at radius 3 is 2.62 bits per heavy atom. The van der Waals surface area contributed by atoms with E-state index in [0.717, 1.165) is 19.3 Å². The van der Waals surface area contributed by atoms with Crippen LogP contribution in [0.3, 0.4) is 0 Å². The van der Waals surface area contributed by atoms with E-state index in [2.05, 4.69) is 17.1 Å². The van der Waals surface area contributed by atoms with Crippen molar-refractivity contribution in [1.82, 2.24) is 10.1 Å². The van der Waals surface area contributed by atoms with E-state index in [0.29, 0.717) is 37.8 Å². The number of hydrogen-bond acceptors (Lipinski definition) is 6. The van der Waals surface area contributed by atoms with Crippen molar-refractivity contribution < 1.29 is 18.8 Å². The standard InChI is InChI=1S/C15H24N2O4/c1-4-8-11(19-5-2)12-16-13(21-17-12)15(9-7-10-15)14(18)20-6-3/h11H,4-10H2,1-3H3. The van der Waals surface area contributed by atoms with Gasteiger partial charge in [-0.2, -0.15) is 4.98 Å². The summed E-state index contributed by atoms with van der Waals surface area (Å²) in [6, 6.07) is 0. The van der Waals surface area contributed by atoms with E-state index in [1.807, 2.05) is 6.92 Å². The Morgan fingerprint density at radius 2 is 2.10 bits per heavy atom. The Hall–Kier alpha value is -1.43. The highest BCUT2D eigenvalue weighted by Crippen LogP contribution is 2.44. The fourth-order valence-electron chi connectivity index (χ4n) is 2.62. The van der Waals surface area contributed by atoms with Crippen LogP contribution in [0.15, 0.2) is 4.52 Å². The Labute approximate surface area is 125 Å². The maximum absolute atomic E-state index is 12.2. The first-order valence-electron chi connectivity index (χ1n) is 7.80. The summed E-state index contributed by atoms with van der Waals surface area (Å²) < 4.78 is 16.2. The van der Waals surface area contributed by atoms with Gasteiger partial charge < -0.3 is 14.0 Å². The van der Waals surface area contributed by atoms with Gasteiger partial charge in [-0.25, -0.2) is 0 Å². The molecule has 118 valence electrons. The number of carbonyl (C=O) groups is 1. The van der Waals surface area contributed by atoms with Gasteiger partial charge in [-0.05, 0) is 33.1 Å². The zero-order valence-corrected chi connectivity index (χ0v) is 13.1. The minimum Gasteiger partial charge on any atom is -0.465 e. The molecule has 21 heavy (non-hydrogen) atoms. The smallest absolute Gasteiger partial charge is 0.321 e. The van der Waals surface area contributed by atoms with E-state index in [4.69, 9.17) is 14.0 Å². The van der Waals surface area contributed by atoms with Crippen LogP contribution in [-0.2, 0) is 19.7 Å². The van der Waals surface area contributed by atoms with Gasteiger partial charge in [0, 0.05) is 6.61 Å². The van der Waals surface area contributed by atoms with E-state index in [1.54, 1.807) is 6.92 Å². The molecule has 1 aromatic heterocycles. The third-order valence-corrected chi connectivity index (χ3v) is 3.93. The van der Waals surface area contributed by atoms with Gasteiger partial charge in [-0.3, -0.25) is 4.79 Å². The average molecular weight is 296 g/mol. The minimum atomic E-state index is -0.732. The van der Waals surface area contributed by atoms with Crippen LogP contribution in [0.1, 0.15) is 70.7 Å². The number of aromatic nitrogens is 2. The second-order valence-corrected chi connectivity index (χ2v) is 5.35. The second kappa shape index (κ2) is 7.02. The van der Waals surface area contributed by atoms with E-state index in [-0.39, 0.29) is 12.1 Å². The summed E-state index contributed by atoms with van der Waals surface area (Å²) in [5.41, 5.74) is -0.732. The summed E-state index contributed by atoms with van der Waals surface area (Å²) in [7, 11) is 0. The summed E-state index contributed by atoms with van der Waals surface area (Å²) in [6.45, 7) is 6.78. The first-order valence-corrected chi connectivity index (χ1v) is 7.80. The molecule has 1 atom stereocenters. The lowest BCUT2D eigenvalue weighted by molar-refractivity contribution is -0.155. The van der Waals surface area contributed by atoms with Crippen molar-refractivity contribution in [2.45, 2.75) is 64.4 Å². The molecule has 1 aliphatic rings. The highest BCUT2D eigenvalue weighted by atomic mass is 16.5. The zero-order valence-electron chi connectivity index (χ0n) is 13.1. The van der Waals surface area contributed by atoms with Gasteiger partial charge in [0.15, 0.2) is 0 Å². The summed E-state index contributed by atoms with van der Waals surface area (Å²) in [4.78, 5) is 16.6. The quantitative estimate of drug-likeness (QED) is 0.687. The predicted molar refractivity (Wildman–Crippen MR) is 75.7 cm³/mol. The van der Waals surface area contributed by atoms with Gasteiger partial charge in [0.05, 0.1) is 6.61 Å².